The Morgan fingerprint density at radius 3 is 2.61 bits per heavy atom. The van der Waals surface area contributed by atoms with Crippen molar-refractivity contribution in [3.8, 4) is 17.3 Å². The summed E-state index contributed by atoms with van der Waals surface area (Å²) in [7, 11) is 0. The lowest BCUT2D eigenvalue weighted by Gasteiger charge is -2.40. The SMILES string of the molecule is CCc1nn2c(C)cc(N3CCN(C(=O)OC(C)(C)C)CC3C)nc2c1Nc1nc(-c2ccc(F)cc2)c(C#N)s1. The predicted molar refractivity (Wildman–Crippen MR) is 157 cm³/mol. The van der Waals surface area contributed by atoms with Gasteiger partial charge in [0, 0.05) is 43.0 Å². The fourth-order valence-electron chi connectivity index (χ4n) is 4.86. The van der Waals surface area contributed by atoms with Gasteiger partial charge < -0.3 is 19.9 Å². The first-order valence-electron chi connectivity index (χ1n) is 13.5. The Hall–Kier alpha value is -4.24. The van der Waals surface area contributed by atoms with Crippen molar-refractivity contribution >= 4 is 39.7 Å². The number of carbonyl (C=O) groups excluding carboxylic acids is 1. The lowest BCUT2D eigenvalue weighted by atomic mass is 10.1. The molecule has 5 rings (SSSR count). The molecule has 1 amide bonds. The van der Waals surface area contributed by atoms with Gasteiger partial charge in [-0.25, -0.2) is 23.7 Å². The van der Waals surface area contributed by atoms with Crippen LogP contribution in [-0.2, 0) is 11.2 Å². The van der Waals surface area contributed by atoms with E-state index in [1.165, 1.54) is 23.5 Å². The van der Waals surface area contributed by atoms with Gasteiger partial charge in [0.2, 0.25) is 0 Å². The Morgan fingerprint density at radius 1 is 1.24 bits per heavy atom. The Labute approximate surface area is 242 Å². The maximum Gasteiger partial charge on any atom is 0.410 e. The fraction of sp³-hybridized carbons (Fsp3) is 0.414. The first-order valence-corrected chi connectivity index (χ1v) is 14.4. The molecule has 0 aliphatic carbocycles. The van der Waals surface area contributed by atoms with Crippen molar-refractivity contribution < 1.29 is 13.9 Å². The van der Waals surface area contributed by atoms with Crippen LogP contribution in [0.2, 0.25) is 0 Å². The maximum atomic E-state index is 13.5. The summed E-state index contributed by atoms with van der Waals surface area (Å²) in [4.78, 5) is 26.7. The van der Waals surface area contributed by atoms with Gasteiger partial charge >= 0.3 is 6.09 Å². The molecule has 3 aromatic heterocycles. The van der Waals surface area contributed by atoms with Crippen molar-refractivity contribution in [1.82, 2.24) is 24.5 Å². The molecule has 4 heterocycles. The molecule has 1 unspecified atom stereocenters. The van der Waals surface area contributed by atoms with E-state index in [1.807, 2.05) is 45.2 Å². The van der Waals surface area contributed by atoms with Gasteiger partial charge in [0.15, 0.2) is 10.8 Å². The molecular formula is C29H33FN8O2S. The van der Waals surface area contributed by atoms with Crippen LogP contribution < -0.4 is 10.2 Å². The largest absolute Gasteiger partial charge is 0.444 e. The van der Waals surface area contributed by atoms with Crippen molar-refractivity contribution in [2.45, 2.75) is 59.6 Å². The third-order valence-electron chi connectivity index (χ3n) is 6.81. The van der Waals surface area contributed by atoms with Crippen molar-refractivity contribution in [3.63, 3.8) is 0 Å². The van der Waals surface area contributed by atoms with Gasteiger partial charge in [0.1, 0.15) is 39.6 Å². The second-order valence-electron chi connectivity index (χ2n) is 11.1. The van der Waals surface area contributed by atoms with Gasteiger partial charge in [-0.3, -0.25) is 0 Å². The number of nitriles is 1. The Morgan fingerprint density at radius 2 is 1.98 bits per heavy atom. The van der Waals surface area contributed by atoms with E-state index in [0.717, 1.165) is 22.9 Å². The average Bonchev–Trinajstić information content (AvgIpc) is 3.49. The third kappa shape index (κ3) is 5.81. The highest BCUT2D eigenvalue weighted by atomic mass is 32.1. The Bertz CT molecular complexity index is 1630. The van der Waals surface area contributed by atoms with E-state index < -0.39 is 5.60 Å². The molecule has 1 fully saturated rings. The standard InChI is InChI=1S/C29H33FN8O2S/c1-7-21-25(34-27-33-24(22(15-31)41-27)19-8-10-20(30)11-9-19)26-32-23(14-17(2)38(26)35-21)37-13-12-36(16-18(37)3)28(39)40-29(4,5)6/h8-11,14,18H,7,12-13,16H2,1-6H3,(H,33,34). The van der Waals surface area contributed by atoms with Crippen LogP contribution in [0.4, 0.5) is 25.8 Å². The summed E-state index contributed by atoms with van der Waals surface area (Å²) in [6, 6.07) is 10.2. The van der Waals surface area contributed by atoms with Gasteiger partial charge in [-0.2, -0.15) is 10.4 Å². The molecular weight excluding hydrogens is 543 g/mol. The zero-order chi connectivity index (χ0) is 29.5. The van der Waals surface area contributed by atoms with Gasteiger partial charge in [-0.05, 0) is 65.3 Å². The summed E-state index contributed by atoms with van der Waals surface area (Å²) in [5, 5.41) is 18.4. The molecule has 1 N–H and O–H groups in total. The molecule has 1 aromatic carbocycles. The number of hydrogen-bond donors (Lipinski definition) is 1. The van der Waals surface area contributed by atoms with E-state index in [0.29, 0.717) is 53.0 Å². The molecule has 1 aliphatic heterocycles. The van der Waals surface area contributed by atoms with Crippen molar-refractivity contribution in [1.29, 1.82) is 5.26 Å². The predicted octanol–water partition coefficient (Wildman–Crippen LogP) is 5.92. The van der Waals surface area contributed by atoms with Crippen LogP contribution in [0.5, 0.6) is 0 Å². The van der Waals surface area contributed by atoms with Crippen LogP contribution >= 0.6 is 11.3 Å². The highest BCUT2D eigenvalue weighted by Gasteiger charge is 2.31. The minimum Gasteiger partial charge on any atom is -0.444 e. The lowest BCUT2D eigenvalue weighted by Crippen LogP contribution is -2.54. The monoisotopic (exact) mass is 576 g/mol. The maximum absolute atomic E-state index is 13.5. The number of piperazine rings is 1. The van der Waals surface area contributed by atoms with Crippen LogP contribution in [-0.4, -0.2) is 61.9 Å². The van der Waals surface area contributed by atoms with Crippen LogP contribution in [0, 0.1) is 24.1 Å². The number of fused-ring (bicyclic) bond motifs is 1. The van der Waals surface area contributed by atoms with Gasteiger partial charge in [0.05, 0.1) is 5.69 Å². The molecule has 214 valence electrons. The molecule has 1 atom stereocenters. The Kier molecular flexibility index (Phi) is 7.57. The smallest absolute Gasteiger partial charge is 0.410 e. The zero-order valence-electron chi connectivity index (χ0n) is 24.0. The zero-order valence-corrected chi connectivity index (χ0v) is 24.8. The molecule has 0 radical (unpaired) electrons. The lowest BCUT2D eigenvalue weighted by molar-refractivity contribution is 0.0218. The second kappa shape index (κ2) is 11.0. The number of anilines is 3. The highest BCUT2D eigenvalue weighted by molar-refractivity contribution is 7.16. The normalized spacial score (nSPS) is 15.7. The topological polar surface area (TPSA) is 112 Å². The van der Waals surface area contributed by atoms with Crippen LogP contribution in [0.1, 0.15) is 50.9 Å². The number of ether oxygens (including phenoxy) is 1. The van der Waals surface area contributed by atoms with E-state index in [-0.39, 0.29) is 18.0 Å². The molecule has 4 aromatic rings. The van der Waals surface area contributed by atoms with E-state index in [1.54, 1.807) is 17.0 Å². The number of thiazole rings is 1. The van der Waals surface area contributed by atoms with E-state index in [9.17, 15) is 14.4 Å². The molecule has 41 heavy (non-hydrogen) atoms. The first kappa shape index (κ1) is 28.3. The summed E-state index contributed by atoms with van der Waals surface area (Å²) in [5.74, 6) is 0.443. The van der Waals surface area contributed by atoms with Crippen LogP contribution in [0.3, 0.4) is 0 Å². The number of nitrogens with zero attached hydrogens (tertiary/aromatic N) is 7. The number of halogens is 1. The summed E-state index contributed by atoms with van der Waals surface area (Å²) in [6.45, 7) is 13.3. The fourth-order valence-corrected chi connectivity index (χ4v) is 5.65. The summed E-state index contributed by atoms with van der Waals surface area (Å²) in [5.41, 5.74) is 3.72. The molecule has 1 saturated heterocycles. The van der Waals surface area contributed by atoms with Crippen LogP contribution in [0.15, 0.2) is 30.3 Å². The molecule has 0 bridgehead atoms. The van der Waals surface area contributed by atoms with E-state index >= 15 is 0 Å². The summed E-state index contributed by atoms with van der Waals surface area (Å²) in [6.07, 6.45) is 0.353. The minimum absolute atomic E-state index is 0.0195. The molecule has 0 saturated carbocycles. The first-order chi connectivity index (χ1) is 19.5. The van der Waals surface area contributed by atoms with Gasteiger partial charge in [-0.1, -0.05) is 18.3 Å². The van der Waals surface area contributed by atoms with Gasteiger partial charge in [0.25, 0.3) is 0 Å². The average molecular weight is 577 g/mol. The molecule has 1 aliphatic rings. The molecule has 0 spiro atoms. The highest BCUT2D eigenvalue weighted by Crippen LogP contribution is 2.35. The van der Waals surface area contributed by atoms with E-state index in [2.05, 4.69) is 28.2 Å². The number of carbonyl (C=O) groups is 1. The molecule has 10 nitrogen and oxygen atoms in total. The number of hydrogen-bond acceptors (Lipinski definition) is 9. The number of nitrogens with one attached hydrogen (secondary N) is 1. The Balaban J connectivity index is 1.46. The summed E-state index contributed by atoms with van der Waals surface area (Å²) < 4.78 is 20.9. The third-order valence-corrected chi connectivity index (χ3v) is 7.69. The number of aromatic nitrogens is 4. The number of amides is 1. The minimum atomic E-state index is -0.547. The molecule has 12 heteroatoms. The number of benzene rings is 1. The van der Waals surface area contributed by atoms with Crippen LogP contribution in [0.25, 0.3) is 16.9 Å². The van der Waals surface area contributed by atoms with Crippen molar-refractivity contribution in [2.24, 2.45) is 0 Å². The summed E-state index contributed by atoms with van der Waals surface area (Å²) >= 11 is 1.23. The van der Waals surface area contributed by atoms with Crippen molar-refractivity contribution in [2.75, 3.05) is 29.9 Å². The van der Waals surface area contributed by atoms with Crippen molar-refractivity contribution in [3.05, 3.63) is 52.4 Å². The quantitative estimate of drug-likeness (QED) is 0.312. The number of rotatable bonds is 5. The number of aryl methyl sites for hydroxylation is 2. The van der Waals surface area contributed by atoms with Gasteiger partial charge in [-0.15, -0.1) is 0 Å². The van der Waals surface area contributed by atoms with E-state index in [4.69, 9.17) is 14.8 Å². The second-order valence-corrected chi connectivity index (χ2v) is 12.1.